The number of rotatable bonds is 4. The first kappa shape index (κ1) is 20.5. The van der Waals surface area contributed by atoms with Crippen molar-refractivity contribution in [2.24, 2.45) is 0 Å². The number of nitrogens with zero attached hydrogens (tertiary/aromatic N) is 1. The monoisotopic (exact) mass is 397 g/mol. The van der Waals surface area contributed by atoms with E-state index in [9.17, 15) is 19.5 Å². The summed E-state index contributed by atoms with van der Waals surface area (Å²) in [4.78, 5) is 39.3. The van der Waals surface area contributed by atoms with Crippen LogP contribution in [0, 0.1) is 0 Å². The highest BCUT2D eigenvalue weighted by molar-refractivity contribution is 6.21. The van der Waals surface area contributed by atoms with E-state index >= 15 is 0 Å². The Morgan fingerprint density at radius 2 is 1.69 bits per heavy atom. The third kappa shape index (κ3) is 3.86. The van der Waals surface area contributed by atoms with E-state index in [0.29, 0.717) is 11.3 Å². The van der Waals surface area contributed by atoms with Gasteiger partial charge in [-0.1, -0.05) is 18.2 Å². The number of carbonyl (C=O) groups is 3. The van der Waals surface area contributed by atoms with Crippen LogP contribution in [-0.4, -0.2) is 35.6 Å². The van der Waals surface area contributed by atoms with Crippen molar-refractivity contribution in [1.29, 1.82) is 0 Å². The number of ether oxygens (including phenoxy) is 2. The van der Waals surface area contributed by atoms with Crippen molar-refractivity contribution < 1.29 is 29.0 Å². The van der Waals surface area contributed by atoms with Gasteiger partial charge in [0.25, 0.3) is 5.91 Å². The number of hydrogen-bond acceptors (Lipinski definition) is 6. The predicted molar refractivity (Wildman–Crippen MR) is 106 cm³/mol. The summed E-state index contributed by atoms with van der Waals surface area (Å²) in [7, 11) is 1.51. The molecule has 0 aliphatic carbocycles. The fraction of sp³-hybridized carbons (Fsp3) is 0.318. The number of para-hydroxylation sites is 1. The molecule has 2 aromatic rings. The number of ketones is 1. The van der Waals surface area contributed by atoms with Gasteiger partial charge < -0.3 is 14.6 Å². The van der Waals surface area contributed by atoms with Crippen LogP contribution in [0.5, 0.6) is 5.75 Å². The SMILES string of the molecule is COc1ccc(C(=O)C[C@]2(O)C(=O)N(C(=O)OC(C)(C)C)c3ccccc32)cc1. The average molecular weight is 397 g/mol. The lowest BCUT2D eigenvalue weighted by atomic mass is 9.88. The molecule has 0 saturated carbocycles. The summed E-state index contributed by atoms with van der Waals surface area (Å²) in [6.07, 6.45) is -1.41. The Balaban J connectivity index is 1.94. The van der Waals surface area contributed by atoms with Gasteiger partial charge in [0.05, 0.1) is 19.2 Å². The number of Topliss-reactive ketones (excluding diaryl/α,β-unsaturated/α-hetero) is 1. The molecule has 152 valence electrons. The summed E-state index contributed by atoms with van der Waals surface area (Å²) in [5.74, 6) is -0.766. The van der Waals surface area contributed by atoms with E-state index in [-0.39, 0.29) is 11.3 Å². The van der Waals surface area contributed by atoms with Crippen molar-refractivity contribution in [2.45, 2.75) is 38.4 Å². The molecule has 1 heterocycles. The third-order valence-electron chi connectivity index (χ3n) is 4.55. The minimum atomic E-state index is -2.16. The maximum Gasteiger partial charge on any atom is 0.421 e. The molecule has 29 heavy (non-hydrogen) atoms. The Bertz CT molecular complexity index is 960. The summed E-state index contributed by atoms with van der Waals surface area (Å²) < 4.78 is 10.4. The largest absolute Gasteiger partial charge is 0.497 e. The van der Waals surface area contributed by atoms with Gasteiger partial charge in [-0.2, -0.15) is 0 Å². The van der Waals surface area contributed by atoms with Crippen molar-refractivity contribution in [3.8, 4) is 5.75 Å². The van der Waals surface area contributed by atoms with Gasteiger partial charge in [-0.15, -0.1) is 0 Å². The van der Waals surface area contributed by atoms with Gasteiger partial charge in [0.15, 0.2) is 11.4 Å². The summed E-state index contributed by atoms with van der Waals surface area (Å²) >= 11 is 0. The molecule has 0 saturated heterocycles. The Hall–Kier alpha value is -3.19. The van der Waals surface area contributed by atoms with Gasteiger partial charge in [0.2, 0.25) is 0 Å². The van der Waals surface area contributed by atoms with E-state index in [4.69, 9.17) is 9.47 Å². The number of methoxy groups -OCH3 is 1. The number of benzene rings is 2. The van der Waals surface area contributed by atoms with Crippen molar-refractivity contribution in [1.82, 2.24) is 0 Å². The summed E-state index contributed by atoms with van der Waals surface area (Å²) in [5.41, 5.74) is -2.27. The third-order valence-corrected chi connectivity index (χ3v) is 4.55. The highest BCUT2D eigenvalue weighted by Gasteiger charge is 2.53. The van der Waals surface area contributed by atoms with Crippen molar-refractivity contribution in [3.05, 3.63) is 59.7 Å². The zero-order valence-corrected chi connectivity index (χ0v) is 16.8. The molecule has 7 nitrogen and oxygen atoms in total. The normalized spacial score (nSPS) is 18.4. The van der Waals surface area contributed by atoms with Crippen LogP contribution in [-0.2, 0) is 15.1 Å². The second-order valence-electron chi connectivity index (χ2n) is 7.83. The van der Waals surface area contributed by atoms with Crippen LogP contribution >= 0.6 is 0 Å². The molecule has 0 bridgehead atoms. The molecule has 0 radical (unpaired) electrons. The van der Waals surface area contributed by atoms with E-state index in [1.807, 2.05) is 0 Å². The van der Waals surface area contributed by atoms with Gasteiger partial charge in [-0.05, 0) is 51.1 Å². The van der Waals surface area contributed by atoms with Gasteiger partial charge in [-0.3, -0.25) is 9.59 Å². The Morgan fingerprint density at radius 1 is 1.07 bits per heavy atom. The molecule has 0 fully saturated rings. The molecular formula is C22H23NO6. The Labute approximate surface area is 168 Å². The summed E-state index contributed by atoms with van der Waals surface area (Å²) in [6, 6.07) is 12.7. The number of carbonyl (C=O) groups excluding carboxylic acids is 3. The van der Waals surface area contributed by atoms with E-state index in [1.54, 1.807) is 57.2 Å². The number of hydrogen-bond donors (Lipinski definition) is 1. The molecule has 0 aromatic heterocycles. The molecule has 0 spiro atoms. The molecule has 3 rings (SSSR count). The molecular weight excluding hydrogens is 374 g/mol. The fourth-order valence-corrected chi connectivity index (χ4v) is 3.20. The first-order chi connectivity index (χ1) is 13.6. The average Bonchev–Trinajstić information content (AvgIpc) is 2.88. The second kappa shape index (κ2) is 7.33. The lowest BCUT2D eigenvalue weighted by molar-refractivity contribution is -0.135. The number of amides is 2. The fourth-order valence-electron chi connectivity index (χ4n) is 3.20. The van der Waals surface area contributed by atoms with Crippen LogP contribution in [0.3, 0.4) is 0 Å². The smallest absolute Gasteiger partial charge is 0.421 e. The maximum atomic E-state index is 13.1. The van der Waals surface area contributed by atoms with E-state index in [2.05, 4.69) is 0 Å². The topological polar surface area (TPSA) is 93.1 Å². The van der Waals surface area contributed by atoms with E-state index < -0.39 is 35.4 Å². The molecule has 1 atom stereocenters. The molecule has 1 aliphatic heterocycles. The standard InChI is InChI=1S/C22H23NO6/c1-21(2,3)29-20(26)23-17-8-6-5-7-16(17)22(27,19(23)25)13-18(24)14-9-11-15(28-4)12-10-14/h5-12,27H,13H2,1-4H3/t22-/m1/s1. The van der Waals surface area contributed by atoms with Crippen molar-refractivity contribution >= 4 is 23.5 Å². The van der Waals surface area contributed by atoms with Crippen LogP contribution in [0.25, 0.3) is 0 Å². The summed E-state index contributed by atoms with van der Waals surface area (Å²) in [5, 5.41) is 11.2. The Kier molecular flexibility index (Phi) is 5.19. The van der Waals surface area contributed by atoms with Crippen molar-refractivity contribution in [2.75, 3.05) is 12.0 Å². The van der Waals surface area contributed by atoms with E-state index in [0.717, 1.165) is 4.90 Å². The lowest BCUT2D eigenvalue weighted by Gasteiger charge is -2.25. The zero-order valence-electron chi connectivity index (χ0n) is 16.8. The maximum absolute atomic E-state index is 13.1. The van der Waals surface area contributed by atoms with Crippen LogP contribution in [0.2, 0.25) is 0 Å². The highest BCUT2D eigenvalue weighted by Crippen LogP contribution is 2.43. The highest BCUT2D eigenvalue weighted by atomic mass is 16.6. The number of aliphatic hydroxyl groups is 1. The first-order valence-electron chi connectivity index (χ1n) is 9.13. The van der Waals surface area contributed by atoms with Gasteiger partial charge in [-0.25, -0.2) is 9.69 Å². The van der Waals surface area contributed by atoms with Crippen LogP contribution in [0.4, 0.5) is 10.5 Å². The second-order valence-corrected chi connectivity index (χ2v) is 7.83. The minimum absolute atomic E-state index is 0.192. The molecule has 1 aliphatic rings. The van der Waals surface area contributed by atoms with Crippen LogP contribution in [0.15, 0.2) is 48.5 Å². The molecule has 1 N–H and O–H groups in total. The molecule has 2 amide bonds. The molecule has 2 aromatic carbocycles. The van der Waals surface area contributed by atoms with E-state index in [1.165, 1.54) is 19.2 Å². The zero-order chi connectivity index (χ0) is 21.4. The van der Waals surface area contributed by atoms with Crippen LogP contribution < -0.4 is 9.64 Å². The molecule has 0 unspecified atom stereocenters. The quantitative estimate of drug-likeness (QED) is 0.795. The van der Waals surface area contributed by atoms with Crippen LogP contribution in [0.1, 0.15) is 43.1 Å². The summed E-state index contributed by atoms with van der Waals surface area (Å²) in [6.45, 7) is 5.03. The number of anilines is 1. The number of fused-ring (bicyclic) bond motifs is 1. The van der Waals surface area contributed by atoms with Gasteiger partial charge >= 0.3 is 6.09 Å². The predicted octanol–water partition coefficient (Wildman–Crippen LogP) is 3.44. The minimum Gasteiger partial charge on any atom is -0.497 e. The van der Waals surface area contributed by atoms with Crippen molar-refractivity contribution in [3.63, 3.8) is 0 Å². The Morgan fingerprint density at radius 3 is 2.28 bits per heavy atom. The van der Waals surface area contributed by atoms with Gasteiger partial charge in [0, 0.05) is 11.1 Å². The first-order valence-corrected chi connectivity index (χ1v) is 9.13. The lowest BCUT2D eigenvalue weighted by Crippen LogP contribution is -2.46. The molecule has 7 heteroatoms. The van der Waals surface area contributed by atoms with Gasteiger partial charge in [0.1, 0.15) is 11.4 Å². The number of imide groups is 1.